The van der Waals surface area contributed by atoms with Crippen molar-refractivity contribution in [3.63, 3.8) is 0 Å². The molecule has 34 heavy (non-hydrogen) atoms. The predicted octanol–water partition coefficient (Wildman–Crippen LogP) is 1.32. The lowest BCUT2D eigenvalue weighted by Crippen LogP contribution is -2.46. The van der Waals surface area contributed by atoms with Crippen LogP contribution in [-0.4, -0.2) is 55.1 Å². The Hall–Kier alpha value is -3.70. The summed E-state index contributed by atoms with van der Waals surface area (Å²) in [6, 6.07) is 13.2. The third-order valence-electron chi connectivity index (χ3n) is 5.22. The van der Waals surface area contributed by atoms with Crippen molar-refractivity contribution in [2.24, 2.45) is 0 Å². The van der Waals surface area contributed by atoms with E-state index in [0.717, 1.165) is 16.5 Å². The maximum absolute atomic E-state index is 12.7. The number of fused-ring (bicyclic) bond motifs is 1. The number of nitrogens with one attached hydrogen (secondary N) is 4. The van der Waals surface area contributed by atoms with Gasteiger partial charge >= 0.3 is 0 Å². The second kappa shape index (κ2) is 10.9. The molecule has 2 aromatic carbocycles. The van der Waals surface area contributed by atoms with Gasteiger partial charge in [-0.05, 0) is 29.8 Å². The molecule has 0 bridgehead atoms. The fourth-order valence-corrected chi connectivity index (χ4v) is 4.96. The lowest BCUT2D eigenvalue weighted by Gasteiger charge is -2.18. The number of carbonyl (C=O) groups is 3. The molecule has 3 rings (SSSR count). The summed E-state index contributed by atoms with van der Waals surface area (Å²) in [6.07, 6.45) is 1.80. The second-order valence-corrected chi connectivity index (χ2v) is 9.37. The molecular formula is C23H27N5O5S. The van der Waals surface area contributed by atoms with Gasteiger partial charge in [0.05, 0.1) is 17.9 Å². The van der Waals surface area contributed by atoms with E-state index in [4.69, 9.17) is 0 Å². The van der Waals surface area contributed by atoms with E-state index in [2.05, 4.69) is 21.2 Å². The van der Waals surface area contributed by atoms with Crippen molar-refractivity contribution in [2.45, 2.75) is 25.2 Å². The molecule has 1 aromatic heterocycles. The Kier molecular flexibility index (Phi) is 8.03. The molecule has 0 spiro atoms. The number of rotatable bonds is 9. The predicted molar refractivity (Wildman–Crippen MR) is 127 cm³/mol. The molecule has 11 heteroatoms. The molecule has 0 saturated carbocycles. The van der Waals surface area contributed by atoms with Crippen molar-refractivity contribution in [3.8, 4) is 0 Å². The van der Waals surface area contributed by atoms with Gasteiger partial charge in [-0.25, -0.2) is 8.42 Å². The minimum atomic E-state index is -3.72. The van der Waals surface area contributed by atoms with Gasteiger partial charge in [-0.2, -0.15) is 4.31 Å². The molecule has 0 aliphatic carbocycles. The van der Waals surface area contributed by atoms with E-state index in [1.54, 1.807) is 20.0 Å². The third kappa shape index (κ3) is 5.80. The fourth-order valence-electron chi connectivity index (χ4n) is 3.45. The monoisotopic (exact) mass is 485 g/mol. The Morgan fingerprint density at radius 3 is 2.38 bits per heavy atom. The first kappa shape index (κ1) is 24.9. The average Bonchev–Trinajstić information content (AvgIpc) is 3.24. The van der Waals surface area contributed by atoms with Gasteiger partial charge in [0, 0.05) is 35.8 Å². The number of amides is 3. The smallest absolute Gasteiger partial charge is 0.257 e. The highest BCUT2D eigenvalue weighted by Gasteiger charge is 2.22. The maximum atomic E-state index is 12.7. The number of hydrogen-bond acceptors (Lipinski definition) is 5. The van der Waals surface area contributed by atoms with Crippen LogP contribution in [0.3, 0.4) is 0 Å². The molecule has 0 aliphatic heterocycles. The highest BCUT2D eigenvalue weighted by molar-refractivity contribution is 7.89. The van der Waals surface area contributed by atoms with E-state index in [1.807, 2.05) is 24.3 Å². The van der Waals surface area contributed by atoms with Gasteiger partial charge in [0.25, 0.3) is 11.8 Å². The molecule has 3 aromatic rings. The summed E-state index contributed by atoms with van der Waals surface area (Å²) in [5.74, 6) is -1.66. The molecule has 180 valence electrons. The van der Waals surface area contributed by atoms with Crippen molar-refractivity contribution < 1.29 is 22.8 Å². The molecule has 0 unspecified atom stereocenters. The number of H-pyrrole nitrogens is 1. The number of carbonyl (C=O) groups excluding carboxylic acids is 3. The Bertz CT molecular complexity index is 1300. The maximum Gasteiger partial charge on any atom is 0.257 e. The van der Waals surface area contributed by atoms with E-state index in [-0.39, 0.29) is 16.9 Å². The highest BCUT2D eigenvalue weighted by Crippen LogP contribution is 2.18. The molecule has 0 fully saturated rings. The number of aromatic nitrogens is 1. The minimum Gasteiger partial charge on any atom is -0.361 e. The zero-order valence-corrected chi connectivity index (χ0v) is 19.7. The van der Waals surface area contributed by atoms with Crippen LogP contribution >= 0.6 is 0 Å². The molecule has 0 atom stereocenters. The van der Waals surface area contributed by atoms with E-state index >= 15 is 0 Å². The molecule has 4 N–H and O–H groups in total. The largest absolute Gasteiger partial charge is 0.361 e. The zero-order chi connectivity index (χ0) is 24.7. The van der Waals surface area contributed by atoms with Gasteiger partial charge in [0.2, 0.25) is 15.9 Å². The van der Waals surface area contributed by atoms with E-state index in [9.17, 15) is 22.8 Å². The first-order valence-electron chi connectivity index (χ1n) is 10.8. The summed E-state index contributed by atoms with van der Waals surface area (Å²) in [7, 11) is -3.72. The van der Waals surface area contributed by atoms with Crippen molar-refractivity contribution >= 4 is 38.6 Å². The first-order chi connectivity index (χ1) is 16.3. The van der Waals surface area contributed by atoms with Crippen molar-refractivity contribution in [3.05, 3.63) is 65.9 Å². The van der Waals surface area contributed by atoms with E-state index < -0.39 is 34.3 Å². The van der Waals surface area contributed by atoms with Crippen molar-refractivity contribution in [1.82, 2.24) is 25.5 Å². The van der Waals surface area contributed by atoms with Crippen LogP contribution in [0.5, 0.6) is 0 Å². The van der Waals surface area contributed by atoms with Crippen LogP contribution < -0.4 is 16.2 Å². The lowest BCUT2D eigenvalue weighted by atomic mass is 10.1. The lowest BCUT2D eigenvalue weighted by molar-refractivity contribution is -0.128. The summed E-state index contributed by atoms with van der Waals surface area (Å²) in [5, 5.41) is 3.33. The normalized spacial score (nSPS) is 11.4. The van der Waals surface area contributed by atoms with Gasteiger partial charge in [-0.15, -0.1) is 0 Å². The Balaban J connectivity index is 1.51. The Labute approximate surface area is 197 Å². The second-order valence-electron chi connectivity index (χ2n) is 7.43. The van der Waals surface area contributed by atoms with Crippen LogP contribution in [0.1, 0.15) is 29.8 Å². The van der Waals surface area contributed by atoms with Gasteiger partial charge in [0.1, 0.15) is 0 Å². The molecule has 0 aliphatic rings. The average molecular weight is 486 g/mol. The fraction of sp³-hybridized carbons (Fsp3) is 0.261. The van der Waals surface area contributed by atoms with Crippen molar-refractivity contribution in [1.29, 1.82) is 0 Å². The number of aromatic amines is 1. The quantitative estimate of drug-likeness (QED) is 0.338. The van der Waals surface area contributed by atoms with Crippen molar-refractivity contribution in [2.75, 3.05) is 19.6 Å². The molecule has 3 amide bonds. The molecule has 0 saturated heterocycles. The number of para-hydroxylation sites is 1. The minimum absolute atomic E-state index is 0.00199. The number of nitrogens with zero attached hydrogens (tertiary/aromatic N) is 1. The summed E-state index contributed by atoms with van der Waals surface area (Å²) in [4.78, 5) is 39.7. The summed E-state index contributed by atoms with van der Waals surface area (Å²) in [6.45, 7) is 3.67. The highest BCUT2D eigenvalue weighted by atomic mass is 32.2. The third-order valence-corrected chi connectivity index (χ3v) is 7.26. The SMILES string of the molecule is CCN(CC)S(=O)(=O)c1cccc(C(=O)NCC(=O)NNC(=O)Cc2c[nH]c3ccccc23)c1. The van der Waals surface area contributed by atoms with Crippen LogP contribution in [-0.2, 0) is 26.0 Å². The number of sulfonamides is 1. The zero-order valence-electron chi connectivity index (χ0n) is 18.9. The van der Waals surface area contributed by atoms with Crippen LogP contribution in [0, 0.1) is 0 Å². The summed E-state index contributed by atoms with van der Waals surface area (Å²) < 4.78 is 26.6. The van der Waals surface area contributed by atoms with E-state index in [0.29, 0.717) is 13.1 Å². The number of hydrogen-bond donors (Lipinski definition) is 4. The van der Waals surface area contributed by atoms with Crippen LogP contribution in [0.4, 0.5) is 0 Å². The summed E-state index contributed by atoms with van der Waals surface area (Å²) in [5.41, 5.74) is 6.36. The first-order valence-corrected chi connectivity index (χ1v) is 12.2. The Morgan fingerprint density at radius 2 is 1.65 bits per heavy atom. The molecular weight excluding hydrogens is 458 g/mol. The van der Waals surface area contributed by atoms with Gasteiger partial charge < -0.3 is 10.3 Å². The number of hydrazine groups is 1. The number of benzene rings is 2. The molecule has 10 nitrogen and oxygen atoms in total. The molecule has 1 heterocycles. The van der Waals surface area contributed by atoms with Crippen LogP contribution in [0.25, 0.3) is 10.9 Å². The van der Waals surface area contributed by atoms with Crippen LogP contribution in [0.15, 0.2) is 59.6 Å². The van der Waals surface area contributed by atoms with Gasteiger partial charge in [-0.1, -0.05) is 38.1 Å². The van der Waals surface area contributed by atoms with Gasteiger partial charge in [-0.3, -0.25) is 25.2 Å². The van der Waals surface area contributed by atoms with E-state index in [1.165, 1.54) is 28.6 Å². The molecule has 0 radical (unpaired) electrons. The standard InChI is InChI=1S/C23H27N5O5S/c1-3-28(4-2)34(32,33)18-9-7-8-16(12-18)23(31)25-15-22(30)27-26-21(29)13-17-14-24-20-11-6-5-10-19(17)20/h5-12,14,24H,3-4,13,15H2,1-2H3,(H,25,31)(H,26,29)(H,27,30). The van der Waals surface area contributed by atoms with Crippen LogP contribution in [0.2, 0.25) is 0 Å². The Morgan fingerprint density at radius 1 is 0.941 bits per heavy atom. The summed E-state index contributed by atoms with van der Waals surface area (Å²) >= 11 is 0. The van der Waals surface area contributed by atoms with Gasteiger partial charge in [0.15, 0.2) is 0 Å². The topological polar surface area (TPSA) is 140 Å².